The molecule has 0 aromatic heterocycles. The van der Waals surface area contributed by atoms with Crippen LogP contribution in [0.15, 0.2) is 0 Å². The van der Waals surface area contributed by atoms with E-state index in [4.69, 9.17) is 0 Å². The number of hydrogen-bond acceptors (Lipinski definition) is 2. The molecule has 1 N–H and O–H groups in total. The second-order valence-electron chi connectivity index (χ2n) is 6.26. The van der Waals surface area contributed by atoms with Crippen molar-refractivity contribution in [3.63, 3.8) is 0 Å². The van der Waals surface area contributed by atoms with Crippen LogP contribution in [0.2, 0.25) is 0 Å². The Balaban J connectivity index is 1.85. The van der Waals surface area contributed by atoms with E-state index in [2.05, 4.69) is 24.1 Å². The Hall–Kier alpha value is -0.0800. The zero-order valence-corrected chi connectivity index (χ0v) is 11.8. The molecule has 0 bridgehead atoms. The van der Waals surface area contributed by atoms with E-state index in [0.29, 0.717) is 5.41 Å². The summed E-state index contributed by atoms with van der Waals surface area (Å²) < 4.78 is 0. The summed E-state index contributed by atoms with van der Waals surface area (Å²) in [5, 5.41) is 3.56. The molecule has 0 saturated carbocycles. The van der Waals surface area contributed by atoms with E-state index in [-0.39, 0.29) is 0 Å². The van der Waals surface area contributed by atoms with Crippen LogP contribution in [-0.4, -0.2) is 37.6 Å². The Morgan fingerprint density at radius 3 is 2.76 bits per heavy atom. The molecule has 0 aromatic rings. The van der Waals surface area contributed by atoms with Crippen molar-refractivity contribution in [3.8, 4) is 0 Å². The average Bonchev–Trinajstić information content (AvgIpc) is 2.70. The topological polar surface area (TPSA) is 15.3 Å². The van der Waals surface area contributed by atoms with Crippen molar-refractivity contribution in [1.82, 2.24) is 10.2 Å². The van der Waals surface area contributed by atoms with Crippen LogP contribution in [0.25, 0.3) is 0 Å². The van der Waals surface area contributed by atoms with Crippen molar-refractivity contribution >= 4 is 0 Å². The summed E-state index contributed by atoms with van der Waals surface area (Å²) in [6.07, 6.45) is 8.43. The Labute approximate surface area is 107 Å². The molecule has 0 spiro atoms. The zero-order valence-electron chi connectivity index (χ0n) is 11.8. The van der Waals surface area contributed by atoms with Crippen LogP contribution < -0.4 is 5.32 Å². The number of nitrogens with zero attached hydrogens (tertiary/aromatic N) is 1. The number of likely N-dealkylation sites (tertiary alicyclic amines) is 1. The predicted octanol–water partition coefficient (Wildman–Crippen LogP) is 2.89. The van der Waals surface area contributed by atoms with Gasteiger partial charge in [-0.05, 0) is 63.1 Å². The van der Waals surface area contributed by atoms with E-state index >= 15 is 0 Å². The van der Waals surface area contributed by atoms with Gasteiger partial charge in [-0.15, -0.1) is 0 Å². The second kappa shape index (κ2) is 6.19. The van der Waals surface area contributed by atoms with Crippen molar-refractivity contribution in [1.29, 1.82) is 0 Å². The monoisotopic (exact) mass is 238 g/mol. The Morgan fingerprint density at radius 2 is 2.12 bits per heavy atom. The van der Waals surface area contributed by atoms with E-state index < -0.39 is 0 Å². The lowest BCUT2D eigenvalue weighted by atomic mass is 9.83. The molecule has 2 heteroatoms. The first-order chi connectivity index (χ1) is 8.28. The van der Waals surface area contributed by atoms with Crippen LogP contribution in [0.1, 0.15) is 52.4 Å². The van der Waals surface area contributed by atoms with Crippen molar-refractivity contribution < 1.29 is 0 Å². The number of rotatable bonds is 4. The average molecular weight is 238 g/mol. The molecule has 2 heterocycles. The number of nitrogens with one attached hydrogen (secondary N) is 1. The first-order valence-electron chi connectivity index (χ1n) is 7.71. The highest BCUT2D eigenvalue weighted by molar-refractivity contribution is 4.90. The fourth-order valence-corrected chi connectivity index (χ4v) is 3.61. The first kappa shape index (κ1) is 13.4. The van der Waals surface area contributed by atoms with E-state index in [1.54, 1.807) is 0 Å². The van der Waals surface area contributed by atoms with E-state index in [0.717, 1.165) is 5.92 Å². The van der Waals surface area contributed by atoms with Gasteiger partial charge in [0.2, 0.25) is 0 Å². The smallest absolute Gasteiger partial charge is 0.00505 e. The fraction of sp³-hybridized carbons (Fsp3) is 1.00. The third-order valence-electron chi connectivity index (χ3n) is 5.16. The standard InChI is InChI=1S/C15H30N2/c1-3-14-6-5-10-17(11-7-14)13-15(4-2)8-9-16-12-15/h14,16H,3-13H2,1-2H3. The van der Waals surface area contributed by atoms with Crippen LogP contribution >= 0.6 is 0 Å². The number of hydrogen-bond donors (Lipinski definition) is 1. The SMILES string of the molecule is CCC1CCCN(CC2(CC)CCNC2)CC1. The quantitative estimate of drug-likeness (QED) is 0.810. The van der Waals surface area contributed by atoms with Gasteiger partial charge in [0.05, 0.1) is 0 Å². The van der Waals surface area contributed by atoms with Crippen LogP contribution in [0.5, 0.6) is 0 Å². The van der Waals surface area contributed by atoms with E-state index in [1.807, 2.05) is 0 Å². The summed E-state index contributed by atoms with van der Waals surface area (Å²) in [5.74, 6) is 0.999. The normalized spacial score (nSPS) is 36.0. The van der Waals surface area contributed by atoms with Crippen LogP contribution in [0.4, 0.5) is 0 Å². The molecule has 100 valence electrons. The summed E-state index contributed by atoms with van der Waals surface area (Å²) >= 11 is 0. The van der Waals surface area contributed by atoms with Crippen molar-refractivity contribution in [3.05, 3.63) is 0 Å². The Kier molecular flexibility index (Phi) is 4.87. The molecule has 2 aliphatic heterocycles. The highest BCUT2D eigenvalue weighted by Crippen LogP contribution is 2.31. The van der Waals surface area contributed by atoms with Gasteiger partial charge in [0, 0.05) is 13.1 Å². The van der Waals surface area contributed by atoms with Crippen molar-refractivity contribution in [2.45, 2.75) is 52.4 Å². The largest absolute Gasteiger partial charge is 0.316 e. The van der Waals surface area contributed by atoms with Gasteiger partial charge in [0.1, 0.15) is 0 Å². The maximum Gasteiger partial charge on any atom is 0.00505 e. The molecular weight excluding hydrogens is 208 g/mol. The van der Waals surface area contributed by atoms with Gasteiger partial charge in [-0.25, -0.2) is 0 Å². The highest BCUT2D eigenvalue weighted by Gasteiger charge is 2.34. The van der Waals surface area contributed by atoms with Gasteiger partial charge in [-0.1, -0.05) is 20.3 Å². The molecule has 2 saturated heterocycles. The summed E-state index contributed by atoms with van der Waals surface area (Å²) in [5.41, 5.74) is 0.589. The third kappa shape index (κ3) is 3.45. The molecule has 2 atom stereocenters. The van der Waals surface area contributed by atoms with Crippen molar-refractivity contribution in [2.24, 2.45) is 11.3 Å². The lowest BCUT2D eigenvalue weighted by Crippen LogP contribution is -2.39. The molecule has 0 aliphatic carbocycles. The summed E-state index contributed by atoms with van der Waals surface area (Å²) in [7, 11) is 0. The van der Waals surface area contributed by atoms with Gasteiger partial charge in [-0.3, -0.25) is 0 Å². The summed E-state index contributed by atoms with van der Waals surface area (Å²) in [6, 6.07) is 0. The minimum absolute atomic E-state index is 0.589. The third-order valence-corrected chi connectivity index (χ3v) is 5.16. The molecular formula is C15H30N2. The van der Waals surface area contributed by atoms with E-state index in [1.165, 1.54) is 71.2 Å². The lowest BCUT2D eigenvalue weighted by Gasteiger charge is -2.33. The van der Waals surface area contributed by atoms with Gasteiger partial charge in [0.15, 0.2) is 0 Å². The van der Waals surface area contributed by atoms with Crippen molar-refractivity contribution in [2.75, 3.05) is 32.7 Å². The fourth-order valence-electron chi connectivity index (χ4n) is 3.61. The molecule has 2 fully saturated rings. The minimum Gasteiger partial charge on any atom is -0.316 e. The van der Waals surface area contributed by atoms with Gasteiger partial charge in [-0.2, -0.15) is 0 Å². The van der Waals surface area contributed by atoms with E-state index in [9.17, 15) is 0 Å². The zero-order chi connectivity index (χ0) is 12.1. The lowest BCUT2D eigenvalue weighted by molar-refractivity contribution is 0.161. The van der Waals surface area contributed by atoms with Gasteiger partial charge in [0.25, 0.3) is 0 Å². The van der Waals surface area contributed by atoms with Crippen LogP contribution in [0, 0.1) is 11.3 Å². The Morgan fingerprint density at radius 1 is 1.24 bits per heavy atom. The highest BCUT2D eigenvalue weighted by atomic mass is 15.1. The van der Waals surface area contributed by atoms with Gasteiger partial charge >= 0.3 is 0 Å². The molecule has 17 heavy (non-hydrogen) atoms. The molecule has 2 unspecified atom stereocenters. The van der Waals surface area contributed by atoms with Gasteiger partial charge < -0.3 is 10.2 Å². The molecule has 2 aliphatic rings. The second-order valence-corrected chi connectivity index (χ2v) is 6.26. The molecule has 2 nitrogen and oxygen atoms in total. The maximum atomic E-state index is 3.56. The maximum absolute atomic E-state index is 3.56. The summed E-state index contributed by atoms with van der Waals surface area (Å²) in [6.45, 7) is 11.2. The van der Waals surface area contributed by atoms with Crippen LogP contribution in [-0.2, 0) is 0 Å². The molecule has 0 radical (unpaired) electrons. The Bertz CT molecular complexity index is 221. The first-order valence-corrected chi connectivity index (χ1v) is 7.71. The molecule has 0 aromatic carbocycles. The molecule has 0 amide bonds. The summed E-state index contributed by atoms with van der Waals surface area (Å²) in [4.78, 5) is 2.76. The van der Waals surface area contributed by atoms with Crippen LogP contribution in [0.3, 0.4) is 0 Å². The molecule has 2 rings (SSSR count). The predicted molar refractivity (Wildman–Crippen MR) is 74.3 cm³/mol. The minimum atomic E-state index is 0.589.